The van der Waals surface area contributed by atoms with Crippen LogP contribution in [0.4, 0.5) is 8.78 Å². The van der Waals surface area contributed by atoms with Gasteiger partial charge < -0.3 is 9.13 Å². The summed E-state index contributed by atoms with van der Waals surface area (Å²) in [4.78, 5) is 0. The van der Waals surface area contributed by atoms with E-state index in [0.29, 0.717) is 22.1 Å². The normalized spacial score (nSPS) is 12.0. The zero-order chi connectivity index (χ0) is 34.8. The van der Waals surface area contributed by atoms with Crippen molar-refractivity contribution in [3.63, 3.8) is 0 Å². The van der Waals surface area contributed by atoms with E-state index in [-0.39, 0.29) is 11.4 Å². The van der Waals surface area contributed by atoms with Crippen LogP contribution in [0.3, 0.4) is 0 Å². The van der Waals surface area contributed by atoms with Crippen LogP contribution >= 0.6 is 22.7 Å². The maximum Gasteiger partial charge on any atom is 0.174 e. The molecule has 4 aromatic heterocycles. The summed E-state index contributed by atoms with van der Waals surface area (Å²) in [7, 11) is 0. The van der Waals surface area contributed by atoms with Crippen molar-refractivity contribution in [2.75, 3.05) is 0 Å². The highest BCUT2D eigenvalue weighted by Gasteiger charge is 2.31. The minimum atomic E-state index is -1.06. The van der Waals surface area contributed by atoms with Crippen LogP contribution in [0, 0.1) is 34.3 Å². The number of nitriles is 2. The molecule has 0 fully saturated rings. The Hall–Kier alpha value is -6.58. The molecule has 0 atom stereocenters. The smallest absolute Gasteiger partial charge is 0.174 e. The highest BCUT2D eigenvalue weighted by Crippen LogP contribution is 2.47. The van der Waals surface area contributed by atoms with Gasteiger partial charge in [-0.15, -0.1) is 22.7 Å². The van der Waals surface area contributed by atoms with Gasteiger partial charge in [-0.3, -0.25) is 0 Å². The van der Waals surface area contributed by atoms with E-state index < -0.39 is 22.8 Å². The van der Waals surface area contributed by atoms with E-state index in [1.54, 1.807) is 31.8 Å². The Balaban J connectivity index is 1.32. The summed E-state index contributed by atoms with van der Waals surface area (Å²) in [5.74, 6) is -1.91. The molecule has 11 aromatic rings. The molecular weight excluding hydrogens is 687 g/mol. The molecule has 0 N–H and O–H groups in total. The van der Waals surface area contributed by atoms with Crippen molar-refractivity contribution in [2.24, 2.45) is 0 Å². The Morgan fingerprint density at radius 1 is 0.423 bits per heavy atom. The zero-order valence-corrected chi connectivity index (χ0v) is 28.5. The Morgan fingerprint density at radius 3 is 1.27 bits per heavy atom. The number of rotatable bonds is 2. The molecule has 0 aliphatic rings. The molecule has 4 heterocycles. The fourth-order valence-electron chi connectivity index (χ4n) is 8.24. The molecule has 0 unspecified atom stereocenters. The minimum absolute atomic E-state index is 0.227. The van der Waals surface area contributed by atoms with Gasteiger partial charge in [0.2, 0.25) is 0 Å². The summed E-state index contributed by atoms with van der Waals surface area (Å²) in [5.41, 5.74) is 1.03. The Labute approximate surface area is 301 Å². The van der Waals surface area contributed by atoms with Gasteiger partial charge in [-0.25, -0.2) is 8.78 Å². The number of aromatic nitrogens is 2. The van der Waals surface area contributed by atoms with E-state index in [9.17, 15) is 10.5 Å². The summed E-state index contributed by atoms with van der Waals surface area (Å²) in [6.45, 7) is 0. The number of thiophene rings is 2. The van der Waals surface area contributed by atoms with Crippen molar-refractivity contribution < 1.29 is 8.78 Å². The van der Waals surface area contributed by atoms with Crippen LogP contribution in [0.25, 0.3) is 95.3 Å². The van der Waals surface area contributed by atoms with Crippen LogP contribution in [-0.4, -0.2) is 9.13 Å². The lowest BCUT2D eigenvalue weighted by atomic mass is 10.0. The monoisotopic (exact) mass is 706 g/mol. The van der Waals surface area contributed by atoms with E-state index >= 15 is 8.78 Å². The van der Waals surface area contributed by atoms with Gasteiger partial charge in [0.15, 0.2) is 11.6 Å². The van der Waals surface area contributed by atoms with Gasteiger partial charge in [0.05, 0.1) is 22.1 Å². The Bertz CT molecular complexity index is 3250. The van der Waals surface area contributed by atoms with Gasteiger partial charge in [0.1, 0.15) is 34.6 Å². The fourth-order valence-corrected chi connectivity index (χ4v) is 10.8. The highest BCUT2D eigenvalue weighted by atomic mass is 32.1. The molecule has 0 amide bonds. The van der Waals surface area contributed by atoms with Crippen molar-refractivity contribution in [3.8, 4) is 23.5 Å². The SMILES string of the molecule is N#Cc1c(F)c(C#N)c(-n2c3ccccc3c3c4sc5ccccc5c4ccc32)c(F)c1-n1c2ccccc2c2c3sc4ccccc4c3ccc21. The Kier molecular flexibility index (Phi) is 5.88. The van der Waals surface area contributed by atoms with E-state index in [2.05, 4.69) is 24.3 Å². The molecule has 52 heavy (non-hydrogen) atoms. The van der Waals surface area contributed by atoms with Crippen molar-refractivity contribution in [1.82, 2.24) is 9.13 Å². The van der Waals surface area contributed by atoms with Gasteiger partial charge in [-0.2, -0.15) is 10.5 Å². The van der Waals surface area contributed by atoms with Crippen LogP contribution in [0.5, 0.6) is 0 Å². The lowest BCUT2D eigenvalue weighted by molar-refractivity contribution is 0.583. The van der Waals surface area contributed by atoms with E-state index in [1.807, 2.05) is 109 Å². The van der Waals surface area contributed by atoms with Crippen LogP contribution in [0.15, 0.2) is 121 Å². The summed E-state index contributed by atoms with van der Waals surface area (Å²) in [6.07, 6.45) is 0. The first kappa shape index (κ1) is 29.2. The summed E-state index contributed by atoms with van der Waals surface area (Å²) < 4.78 is 42.6. The molecule has 0 spiro atoms. The number of para-hydroxylation sites is 2. The second-order valence-corrected chi connectivity index (χ2v) is 15.0. The first-order valence-electron chi connectivity index (χ1n) is 16.6. The molecule has 8 heteroatoms. The van der Waals surface area contributed by atoms with Crippen molar-refractivity contribution in [3.05, 3.63) is 144 Å². The summed E-state index contributed by atoms with van der Waals surface area (Å²) >= 11 is 3.30. The highest BCUT2D eigenvalue weighted by molar-refractivity contribution is 7.27. The number of nitrogens with zero attached hydrogens (tertiary/aromatic N) is 4. The number of benzene rings is 7. The number of fused-ring (bicyclic) bond motifs is 14. The lowest BCUT2D eigenvalue weighted by Gasteiger charge is -2.18. The number of hydrogen-bond donors (Lipinski definition) is 0. The van der Waals surface area contributed by atoms with Crippen LogP contribution < -0.4 is 0 Å². The van der Waals surface area contributed by atoms with Gasteiger partial charge in [-0.1, -0.05) is 84.9 Å². The van der Waals surface area contributed by atoms with Gasteiger partial charge in [0.25, 0.3) is 0 Å². The Morgan fingerprint density at radius 2 is 0.827 bits per heavy atom. The maximum atomic E-state index is 18.0. The molecule has 0 radical (unpaired) electrons. The first-order chi connectivity index (χ1) is 25.6. The predicted octanol–water partition coefficient (Wildman–Crippen LogP) is 12.6. The molecule has 0 saturated heterocycles. The second kappa shape index (κ2) is 10.5. The quantitative estimate of drug-likeness (QED) is 0.180. The molecule has 0 aliphatic heterocycles. The molecule has 242 valence electrons. The van der Waals surface area contributed by atoms with Gasteiger partial charge >= 0.3 is 0 Å². The lowest BCUT2D eigenvalue weighted by Crippen LogP contribution is -2.12. The predicted molar refractivity (Wildman–Crippen MR) is 210 cm³/mol. The average molecular weight is 707 g/mol. The fraction of sp³-hybridized carbons (Fsp3) is 0. The average Bonchev–Trinajstić information content (AvgIpc) is 3.93. The molecule has 0 bridgehead atoms. The molecule has 7 aromatic carbocycles. The van der Waals surface area contributed by atoms with Gasteiger partial charge in [0, 0.05) is 61.9 Å². The van der Waals surface area contributed by atoms with Crippen LogP contribution in [0.2, 0.25) is 0 Å². The zero-order valence-electron chi connectivity index (χ0n) is 26.9. The second-order valence-electron chi connectivity index (χ2n) is 12.9. The van der Waals surface area contributed by atoms with E-state index in [4.69, 9.17) is 0 Å². The number of halogens is 2. The maximum absolute atomic E-state index is 18.0. The van der Waals surface area contributed by atoms with Crippen LogP contribution in [0.1, 0.15) is 11.1 Å². The van der Waals surface area contributed by atoms with Crippen molar-refractivity contribution in [2.45, 2.75) is 0 Å². The topological polar surface area (TPSA) is 57.4 Å². The molecule has 4 nitrogen and oxygen atoms in total. The van der Waals surface area contributed by atoms with Crippen molar-refractivity contribution >= 4 is 107 Å². The minimum Gasteiger partial charge on any atom is -0.305 e. The number of hydrogen-bond acceptors (Lipinski definition) is 4. The largest absolute Gasteiger partial charge is 0.305 e. The molecular formula is C44H20F2N4S2. The standard InChI is InChI=1S/C44H20F2N4S2/c45-39-29(21-47)41(49-31-13-5-1-11-27(31)37-33(49)19-17-25-23-9-3-7-15-35(23)51-43(25)37)40(46)42(30(39)22-48)50-32-14-6-2-12-28(32)38-34(50)20-18-26-24-10-4-8-16-36(24)52-44(26)38/h1-20H. The first-order valence-corrected chi connectivity index (χ1v) is 18.2. The molecule has 0 saturated carbocycles. The summed E-state index contributed by atoms with van der Waals surface area (Å²) in [5, 5.41) is 28.9. The summed E-state index contributed by atoms with van der Waals surface area (Å²) in [6, 6.07) is 43.4. The third kappa shape index (κ3) is 3.60. The van der Waals surface area contributed by atoms with Crippen molar-refractivity contribution in [1.29, 1.82) is 10.5 Å². The third-order valence-electron chi connectivity index (χ3n) is 10.4. The molecule has 0 aliphatic carbocycles. The van der Waals surface area contributed by atoms with E-state index in [1.165, 1.54) is 0 Å². The third-order valence-corrected chi connectivity index (χ3v) is 12.8. The van der Waals surface area contributed by atoms with Gasteiger partial charge in [-0.05, 0) is 36.4 Å². The van der Waals surface area contributed by atoms with Crippen LogP contribution in [-0.2, 0) is 0 Å². The molecule has 11 rings (SSSR count). The van der Waals surface area contributed by atoms with E-state index in [0.717, 1.165) is 61.9 Å².